The average Bonchev–Trinajstić information content (AvgIpc) is 3.20. The summed E-state index contributed by atoms with van der Waals surface area (Å²) in [5.41, 5.74) is -0.297. The fourth-order valence-corrected chi connectivity index (χ4v) is 9.70. The van der Waals surface area contributed by atoms with Gasteiger partial charge in [0.2, 0.25) is 11.8 Å². The molecule has 4 aliphatic carbocycles. The zero-order valence-corrected chi connectivity index (χ0v) is 27.3. The van der Waals surface area contributed by atoms with Crippen LogP contribution in [0.1, 0.15) is 78.6 Å². The van der Waals surface area contributed by atoms with Crippen LogP contribution in [-0.2, 0) is 19.7 Å². The Hall–Kier alpha value is -0.270. The van der Waals surface area contributed by atoms with Crippen LogP contribution in [0.25, 0.3) is 0 Å². The van der Waals surface area contributed by atoms with Crippen LogP contribution in [0.15, 0.2) is 0 Å². The van der Waals surface area contributed by atoms with Crippen molar-refractivity contribution in [2.24, 2.45) is 46.3 Å². The van der Waals surface area contributed by atoms with E-state index in [0.29, 0.717) is 12.8 Å². The van der Waals surface area contributed by atoms with Gasteiger partial charge in [-0.1, -0.05) is 20.8 Å². The number of fused-ring (bicyclic) bond motifs is 5. The number of carbonyl (C=O) groups is 2. The molecule has 6 N–H and O–H groups in total. The first-order valence-electron chi connectivity index (χ1n) is 14.7. The van der Waals surface area contributed by atoms with Crippen molar-refractivity contribution in [2.45, 2.75) is 96.9 Å². The monoisotopic (exact) mass is 595 g/mol. The van der Waals surface area contributed by atoms with Gasteiger partial charge in [-0.25, -0.2) is 0 Å². The second-order valence-corrected chi connectivity index (χ2v) is 15.0. The van der Waals surface area contributed by atoms with Crippen molar-refractivity contribution < 1.29 is 37.9 Å². The number of nitrogens with one attached hydrogen (secondary N) is 2. The van der Waals surface area contributed by atoms with E-state index >= 15 is 0 Å². The molecule has 4 rings (SSSR count). The third-order valence-electron chi connectivity index (χ3n) is 11.5. The Morgan fingerprint density at radius 3 is 2.35 bits per heavy atom. The quantitative estimate of drug-likeness (QED) is 0.170. The summed E-state index contributed by atoms with van der Waals surface area (Å²) in [6, 6.07) is 0. The molecule has 0 heterocycles. The number of hydrogen-bond donors (Lipinski definition) is 6. The van der Waals surface area contributed by atoms with Crippen molar-refractivity contribution in [1.29, 1.82) is 0 Å². The van der Waals surface area contributed by atoms with Crippen molar-refractivity contribution in [3.8, 4) is 0 Å². The molecule has 0 spiro atoms. The van der Waals surface area contributed by atoms with Crippen LogP contribution in [-0.4, -0.2) is 107 Å². The maximum Gasteiger partial charge on any atom is 0.266 e. The fourth-order valence-electron chi connectivity index (χ4n) is 9.34. The van der Waals surface area contributed by atoms with Crippen molar-refractivity contribution in [3.05, 3.63) is 0 Å². The smallest absolute Gasteiger partial charge is 0.266 e. The second-order valence-electron chi connectivity index (χ2n) is 13.5. The summed E-state index contributed by atoms with van der Waals surface area (Å²) < 4.78 is 30.2. The van der Waals surface area contributed by atoms with Crippen LogP contribution in [0.4, 0.5) is 0 Å². The molecule has 10 nitrogen and oxygen atoms in total. The first kappa shape index (κ1) is 34.2. The summed E-state index contributed by atoms with van der Waals surface area (Å²) >= 11 is 0. The summed E-state index contributed by atoms with van der Waals surface area (Å²) in [6.07, 6.45) is 5.44. The molecule has 4 aliphatic rings. The molecule has 0 unspecified atom stereocenters. The number of hydrogen-bond acceptors (Lipinski definition) is 7. The SMILES string of the molecule is C[C@@H](CCC(=O)NCC(=O)NCCS(=O)(=O)O)[C@H]1CC[C@H]2[C@@H]3[C@H](O)C[C@@H]4C[C@H](O)CC[C@]4(C)[C@H]3C[C@H](O)[C@]12C.[Na]. The normalized spacial score (nSPS) is 41.5. The summed E-state index contributed by atoms with van der Waals surface area (Å²) in [7, 11) is -4.16. The largest absolute Gasteiger partial charge is 0.393 e. The van der Waals surface area contributed by atoms with Gasteiger partial charge in [-0.2, -0.15) is 8.42 Å². The molecular formula is C28H48N2NaO8S. The van der Waals surface area contributed by atoms with E-state index in [2.05, 4.69) is 31.4 Å². The zero-order chi connectivity index (χ0) is 28.8. The molecule has 11 atom stereocenters. The third kappa shape index (κ3) is 6.93. The van der Waals surface area contributed by atoms with Gasteiger partial charge in [0.15, 0.2) is 0 Å². The Morgan fingerprint density at radius 2 is 1.68 bits per heavy atom. The molecule has 0 bridgehead atoms. The Bertz CT molecular complexity index is 1030. The van der Waals surface area contributed by atoms with Gasteiger partial charge in [0.05, 0.1) is 30.6 Å². The number of aliphatic hydroxyl groups is 3. The van der Waals surface area contributed by atoms with Crippen LogP contribution < -0.4 is 10.6 Å². The Labute approximate surface area is 260 Å². The molecule has 1 radical (unpaired) electrons. The van der Waals surface area contributed by atoms with E-state index in [-0.39, 0.29) is 107 Å². The molecule has 0 aromatic heterocycles. The van der Waals surface area contributed by atoms with Crippen LogP contribution in [0.5, 0.6) is 0 Å². The van der Waals surface area contributed by atoms with E-state index in [0.717, 1.165) is 38.5 Å². The van der Waals surface area contributed by atoms with Crippen molar-refractivity contribution in [1.82, 2.24) is 10.6 Å². The van der Waals surface area contributed by atoms with E-state index in [1.165, 1.54) is 0 Å². The van der Waals surface area contributed by atoms with Gasteiger partial charge in [0.25, 0.3) is 10.1 Å². The van der Waals surface area contributed by atoms with Crippen LogP contribution in [0, 0.1) is 46.3 Å². The topological polar surface area (TPSA) is 173 Å². The van der Waals surface area contributed by atoms with Crippen LogP contribution in [0.2, 0.25) is 0 Å². The van der Waals surface area contributed by atoms with E-state index in [1.54, 1.807) is 0 Å². The molecule has 4 saturated carbocycles. The van der Waals surface area contributed by atoms with Gasteiger partial charge in [-0.05, 0) is 97.7 Å². The fraction of sp³-hybridized carbons (Fsp3) is 0.929. The standard InChI is InChI=1S/C28H48N2O8S.Na/c1-16(4-7-24(34)30-15-25(35)29-10-11-39(36,37)38)19-5-6-20-26-21(14-23(33)28(19,20)3)27(2)9-8-18(31)12-17(27)13-22(26)32;/h16-23,26,31-33H,4-15H2,1-3H3,(H,29,35)(H,30,34)(H,36,37,38);/t16-,17-,18+,19+,20-,21-,22+,23-,26-,27-,28+;/m0./s1. The Kier molecular flexibility index (Phi) is 11.3. The van der Waals surface area contributed by atoms with Crippen molar-refractivity contribution in [3.63, 3.8) is 0 Å². The predicted molar refractivity (Wildman–Crippen MR) is 151 cm³/mol. The van der Waals surface area contributed by atoms with Gasteiger partial charge < -0.3 is 26.0 Å². The summed E-state index contributed by atoms with van der Waals surface area (Å²) in [5, 5.41) is 38.3. The number of aliphatic hydroxyl groups excluding tert-OH is 3. The minimum atomic E-state index is -4.16. The Morgan fingerprint density at radius 1 is 0.975 bits per heavy atom. The van der Waals surface area contributed by atoms with Gasteiger partial charge >= 0.3 is 0 Å². The molecule has 2 amide bonds. The number of carbonyl (C=O) groups excluding carboxylic acids is 2. The van der Waals surface area contributed by atoms with Crippen molar-refractivity contribution >= 4 is 51.5 Å². The van der Waals surface area contributed by atoms with Crippen LogP contribution in [0.3, 0.4) is 0 Å². The number of amides is 2. The molecule has 4 fully saturated rings. The maximum absolute atomic E-state index is 12.4. The molecular weight excluding hydrogens is 547 g/mol. The molecule has 0 aromatic carbocycles. The van der Waals surface area contributed by atoms with Crippen LogP contribution >= 0.6 is 0 Å². The number of rotatable bonds is 9. The first-order chi connectivity index (χ1) is 18.2. The van der Waals surface area contributed by atoms with Gasteiger partial charge in [-0.15, -0.1) is 0 Å². The molecule has 0 aromatic rings. The molecule has 40 heavy (non-hydrogen) atoms. The molecule has 225 valence electrons. The molecule has 0 saturated heterocycles. The van der Waals surface area contributed by atoms with E-state index in [1.807, 2.05) is 0 Å². The third-order valence-corrected chi connectivity index (χ3v) is 12.2. The maximum atomic E-state index is 12.4. The average molecular weight is 596 g/mol. The molecule has 12 heteroatoms. The van der Waals surface area contributed by atoms with E-state index < -0.39 is 34.0 Å². The Balaban J connectivity index is 0.00000441. The predicted octanol–water partition coefficient (Wildman–Crippen LogP) is 1.10. The van der Waals surface area contributed by atoms with Gasteiger partial charge in [0.1, 0.15) is 0 Å². The zero-order valence-electron chi connectivity index (χ0n) is 24.5. The minimum Gasteiger partial charge on any atom is -0.393 e. The summed E-state index contributed by atoms with van der Waals surface area (Å²) in [5.74, 6) is -0.0801. The van der Waals surface area contributed by atoms with Gasteiger partial charge in [-0.3, -0.25) is 14.1 Å². The summed E-state index contributed by atoms with van der Waals surface area (Å²) in [4.78, 5) is 24.2. The molecule has 0 aliphatic heterocycles. The van der Waals surface area contributed by atoms with Gasteiger partial charge in [0, 0.05) is 42.5 Å². The van der Waals surface area contributed by atoms with Crippen molar-refractivity contribution in [2.75, 3.05) is 18.8 Å². The van der Waals surface area contributed by atoms with E-state index in [9.17, 15) is 33.3 Å². The minimum absolute atomic E-state index is 0. The second kappa shape index (κ2) is 13.2. The van der Waals surface area contributed by atoms with E-state index in [4.69, 9.17) is 4.55 Å². The first-order valence-corrected chi connectivity index (χ1v) is 16.3. The summed E-state index contributed by atoms with van der Waals surface area (Å²) in [6.45, 7) is 6.15.